The summed E-state index contributed by atoms with van der Waals surface area (Å²) in [4.78, 5) is 13.6. The van der Waals surface area contributed by atoms with E-state index in [9.17, 15) is 14.4 Å². The minimum atomic E-state index is -0.380. The number of thiophene rings is 1. The zero-order chi connectivity index (χ0) is 18.2. The van der Waals surface area contributed by atoms with Gasteiger partial charge in [-0.1, -0.05) is 20.8 Å². The molecule has 0 saturated carbocycles. The van der Waals surface area contributed by atoms with Crippen LogP contribution in [0.4, 0.5) is 9.39 Å². The highest BCUT2D eigenvalue weighted by atomic mass is 32.1. The van der Waals surface area contributed by atoms with Crippen LogP contribution in [0.5, 0.6) is 0 Å². The van der Waals surface area contributed by atoms with E-state index in [1.54, 1.807) is 0 Å². The topological polar surface area (TPSA) is 52.9 Å². The molecule has 0 radical (unpaired) electrons. The van der Waals surface area contributed by atoms with Crippen molar-refractivity contribution in [1.82, 2.24) is 0 Å². The molecule has 0 unspecified atom stereocenters. The van der Waals surface area contributed by atoms with Gasteiger partial charge in [-0.25, -0.2) is 4.39 Å². The minimum absolute atomic E-state index is 0.228. The Balaban J connectivity index is 1.86. The number of nitrogens with zero attached hydrogens (tertiary/aromatic N) is 1. The van der Waals surface area contributed by atoms with E-state index >= 15 is 0 Å². The van der Waals surface area contributed by atoms with Crippen LogP contribution in [-0.2, 0) is 12.8 Å². The first-order valence-corrected chi connectivity index (χ1v) is 9.23. The van der Waals surface area contributed by atoms with Crippen molar-refractivity contribution in [3.05, 3.63) is 51.7 Å². The van der Waals surface area contributed by atoms with Gasteiger partial charge in [-0.3, -0.25) is 4.79 Å². The Kier molecular flexibility index (Phi) is 4.66. The van der Waals surface area contributed by atoms with Crippen molar-refractivity contribution < 1.29 is 9.18 Å². The summed E-state index contributed by atoms with van der Waals surface area (Å²) in [5, 5.41) is 13.0. The average Bonchev–Trinajstić information content (AvgIpc) is 2.90. The third-order valence-electron chi connectivity index (χ3n) is 4.94. The fraction of sp³-hybridized carbons (Fsp3) is 0.400. The van der Waals surface area contributed by atoms with Crippen molar-refractivity contribution in [2.24, 2.45) is 11.3 Å². The first kappa shape index (κ1) is 17.6. The van der Waals surface area contributed by atoms with Gasteiger partial charge in [0.1, 0.15) is 16.9 Å². The number of carbonyl (C=O) groups excluding carboxylic acids is 1. The molecule has 1 N–H and O–H groups in total. The van der Waals surface area contributed by atoms with E-state index in [4.69, 9.17) is 0 Å². The minimum Gasteiger partial charge on any atom is -0.312 e. The van der Waals surface area contributed by atoms with Crippen LogP contribution in [-0.4, -0.2) is 5.91 Å². The van der Waals surface area contributed by atoms with Gasteiger partial charge in [0.15, 0.2) is 0 Å². The van der Waals surface area contributed by atoms with Gasteiger partial charge in [0.2, 0.25) is 0 Å². The molecule has 1 aliphatic carbocycles. The van der Waals surface area contributed by atoms with Crippen LogP contribution in [0.15, 0.2) is 24.3 Å². The number of carbonyl (C=O) groups is 1. The smallest absolute Gasteiger partial charge is 0.256 e. The Morgan fingerprint density at radius 1 is 1.32 bits per heavy atom. The molecule has 1 aromatic heterocycles. The Morgan fingerprint density at radius 3 is 2.60 bits per heavy atom. The monoisotopic (exact) mass is 356 g/mol. The first-order chi connectivity index (χ1) is 11.8. The van der Waals surface area contributed by atoms with Crippen molar-refractivity contribution >= 4 is 22.2 Å². The van der Waals surface area contributed by atoms with Crippen molar-refractivity contribution in [3.8, 4) is 6.07 Å². The van der Waals surface area contributed by atoms with Crippen LogP contribution >= 0.6 is 11.3 Å². The van der Waals surface area contributed by atoms with E-state index in [1.807, 2.05) is 0 Å². The second kappa shape index (κ2) is 6.61. The Hall–Kier alpha value is -2.19. The molecular formula is C20H21FN2OS. The number of anilines is 1. The largest absolute Gasteiger partial charge is 0.312 e. The van der Waals surface area contributed by atoms with Gasteiger partial charge >= 0.3 is 0 Å². The maximum absolute atomic E-state index is 13.0. The summed E-state index contributed by atoms with van der Waals surface area (Å²) in [6, 6.07) is 7.66. The van der Waals surface area contributed by atoms with Gasteiger partial charge in [0.25, 0.3) is 5.91 Å². The lowest BCUT2D eigenvalue weighted by molar-refractivity contribution is 0.102. The summed E-state index contributed by atoms with van der Waals surface area (Å²) in [7, 11) is 0. The summed E-state index contributed by atoms with van der Waals surface area (Å²) in [5.74, 6) is -0.123. The molecule has 0 fully saturated rings. The standard InChI is InChI=1S/C20H21FN2OS/c1-20(2,3)13-6-9-15-16(11-22)19(25-17(15)10-13)23-18(24)12-4-7-14(21)8-5-12/h4-5,7-8,13H,6,9-10H2,1-3H3,(H,23,24)/t13-/m1/s1. The van der Waals surface area contributed by atoms with Crippen LogP contribution in [0.3, 0.4) is 0 Å². The molecule has 25 heavy (non-hydrogen) atoms. The van der Waals surface area contributed by atoms with E-state index in [0.29, 0.717) is 22.0 Å². The lowest BCUT2D eigenvalue weighted by atomic mass is 9.72. The fourth-order valence-electron chi connectivity index (χ4n) is 3.31. The van der Waals surface area contributed by atoms with Gasteiger partial charge in [-0.15, -0.1) is 11.3 Å². The third kappa shape index (κ3) is 3.59. The molecule has 0 saturated heterocycles. The lowest BCUT2D eigenvalue weighted by Gasteiger charge is -2.33. The van der Waals surface area contributed by atoms with E-state index in [-0.39, 0.29) is 17.1 Å². The molecule has 1 amide bonds. The third-order valence-corrected chi connectivity index (χ3v) is 6.11. The Bertz CT molecular complexity index is 840. The van der Waals surface area contributed by atoms with Gasteiger partial charge in [0.05, 0.1) is 5.56 Å². The summed E-state index contributed by atoms with van der Waals surface area (Å²) >= 11 is 1.50. The summed E-state index contributed by atoms with van der Waals surface area (Å²) in [6.07, 6.45) is 2.89. The Labute approximate surface area is 151 Å². The van der Waals surface area contributed by atoms with Gasteiger partial charge in [-0.2, -0.15) is 5.26 Å². The Morgan fingerprint density at radius 2 is 2.00 bits per heavy atom. The SMILES string of the molecule is CC(C)(C)[C@@H]1CCc2c(sc(NC(=O)c3ccc(F)cc3)c2C#N)C1. The molecule has 0 aliphatic heterocycles. The van der Waals surface area contributed by atoms with E-state index in [1.165, 1.54) is 40.5 Å². The second-order valence-electron chi connectivity index (χ2n) is 7.59. The number of nitriles is 1. The summed E-state index contributed by atoms with van der Waals surface area (Å²) in [6.45, 7) is 6.75. The van der Waals surface area contributed by atoms with Gasteiger partial charge in [-0.05, 0) is 60.4 Å². The molecule has 3 rings (SSSR count). The first-order valence-electron chi connectivity index (χ1n) is 8.41. The maximum Gasteiger partial charge on any atom is 0.256 e. The molecule has 1 atom stereocenters. The number of halogens is 1. The molecule has 5 heteroatoms. The molecule has 0 bridgehead atoms. The van der Waals surface area contributed by atoms with Crippen molar-refractivity contribution in [3.63, 3.8) is 0 Å². The van der Waals surface area contributed by atoms with Gasteiger partial charge < -0.3 is 5.32 Å². The van der Waals surface area contributed by atoms with Crippen LogP contribution < -0.4 is 5.32 Å². The van der Waals surface area contributed by atoms with Crippen molar-refractivity contribution in [2.75, 3.05) is 5.32 Å². The van der Waals surface area contributed by atoms with E-state index in [0.717, 1.165) is 24.8 Å². The molecule has 2 aromatic rings. The van der Waals surface area contributed by atoms with Crippen LogP contribution in [0.25, 0.3) is 0 Å². The normalized spacial score (nSPS) is 16.8. The average molecular weight is 356 g/mol. The molecule has 1 aliphatic rings. The number of rotatable bonds is 2. The van der Waals surface area contributed by atoms with E-state index in [2.05, 4.69) is 32.2 Å². The molecule has 0 spiro atoms. The van der Waals surface area contributed by atoms with Crippen molar-refractivity contribution in [1.29, 1.82) is 5.26 Å². The summed E-state index contributed by atoms with van der Waals surface area (Å²) < 4.78 is 13.0. The fourth-order valence-corrected chi connectivity index (χ4v) is 4.58. The zero-order valence-corrected chi connectivity index (χ0v) is 15.5. The van der Waals surface area contributed by atoms with Crippen molar-refractivity contribution in [2.45, 2.75) is 40.0 Å². The summed E-state index contributed by atoms with van der Waals surface area (Å²) in [5.41, 5.74) is 2.28. The predicted octanol–water partition coefficient (Wildman–Crippen LogP) is 5.16. The predicted molar refractivity (Wildman–Crippen MR) is 98.4 cm³/mol. The maximum atomic E-state index is 13.0. The van der Waals surface area contributed by atoms with E-state index < -0.39 is 0 Å². The quantitative estimate of drug-likeness (QED) is 0.808. The highest BCUT2D eigenvalue weighted by Gasteiger charge is 2.32. The number of fused-ring (bicyclic) bond motifs is 1. The van der Waals surface area contributed by atoms with Crippen LogP contribution in [0.2, 0.25) is 0 Å². The molecule has 3 nitrogen and oxygen atoms in total. The highest BCUT2D eigenvalue weighted by molar-refractivity contribution is 7.16. The number of amides is 1. The molecule has 1 aromatic carbocycles. The number of nitrogens with one attached hydrogen (secondary N) is 1. The molecule has 130 valence electrons. The molecular weight excluding hydrogens is 335 g/mol. The number of benzene rings is 1. The highest BCUT2D eigenvalue weighted by Crippen LogP contribution is 2.44. The lowest BCUT2D eigenvalue weighted by Crippen LogP contribution is -2.26. The van der Waals surface area contributed by atoms with Gasteiger partial charge in [0, 0.05) is 10.4 Å². The molecule has 1 heterocycles. The zero-order valence-electron chi connectivity index (χ0n) is 14.6. The number of hydrogen-bond donors (Lipinski definition) is 1. The number of hydrogen-bond acceptors (Lipinski definition) is 3. The van der Waals surface area contributed by atoms with Crippen LogP contribution in [0, 0.1) is 28.5 Å². The van der Waals surface area contributed by atoms with Crippen LogP contribution in [0.1, 0.15) is 53.6 Å². The second-order valence-corrected chi connectivity index (χ2v) is 8.69.